The van der Waals surface area contributed by atoms with Gasteiger partial charge in [0, 0.05) is 17.0 Å². The van der Waals surface area contributed by atoms with Crippen LogP contribution in [0.15, 0.2) is 16.6 Å². The van der Waals surface area contributed by atoms with E-state index in [0.29, 0.717) is 16.0 Å². The largest absolute Gasteiger partial charge is 0.330 e. The molecule has 0 heterocycles. The van der Waals surface area contributed by atoms with Crippen molar-refractivity contribution in [3.63, 3.8) is 0 Å². The first kappa shape index (κ1) is 11.4. The van der Waals surface area contributed by atoms with Crippen molar-refractivity contribution >= 4 is 27.5 Å². The fourth-order valence-electron chi connectivity index (χ4n) is 2.12. The van der Waals surface area contributed by atoms with E-state index in [1.807, 2.05) is 0 Å². The molecule has 15 heavy (non-hydrogen) atoms. The maximum absolute atomic E-state index is 13.2. The van der Waals surface area contributed by atoms with E-state index in [1.54, 1.807) is 6.07 Å². The molecule has 1 aromatic rings. The molecule has 0 saturated heterocycles. The zero-order valence-electron chi connectivity index (χ0n) is 8.19. The minimum Gasteiger partial charge on any atom is -0.330 e. The van der Waals surface area contributed by atoms with Gasteiger partial charge in [-0.15, -0.1) is 0 Å². The van der Waals surface area contributed by atoms with Crippen LogP contribution in [0.1, 0.15) is 24.8 Å². The van der Waals surface area contributed by atoms with Crippen molar-refractivity contribution in [2.24, 2.45) is 5.73 Å². The zero-order valence-corrected chi connectivity index (χ0v) is 10.5. The van der Waals surface area contributed by atoms with E-state index in [4.69, 9.17) is 17.3 Å². The first-order valence-electron chi connectivity index (χ1n) is 4.94. The Hall–Kier alpha value is -0.120. The quantitative estimate of drug-likeness (QED) is 0.828. The number of hydrogen-bond donors (Lipinski definition) is 1. The molecule has 1 fully saturated rings. The van der Waals surface area contributed by atoms with Crippen LogP contribution in [-0.4, -0.2) is 6.54 Å². The molecule has 2 rings (SSSR count). The highest BCUT2D eigenvalue weighted by Gasteiger charge is 2.39. The zero-order chi connectivity index (χ0) is 11.1. The highest BCUT2D eigenvalue weighted by molar-refractivity contribution is 9.10. The van der Waals surface area contributed by atoms with Gasteiger partial charge in [0.25, 0.3) is 0 Å². The molecule has 0 spiro atoms. The van der Waals surface area contributed by atoms with E-state index < -0.39 is 0 Å². The Morgan fingerprint density at radius 3 is 2.60 bits per heavy atom. The van der Waals surface area contributed by atoms with Gasteiger partial charge in [-0.3, -0.25) is 0 Å². The third-order valence-electron chi connectivity index (χ3n) is 3.28. The average Bonchev–Trinajstić information content (AvgIpc) is 2.12. The molecule has 0 unspecified atom stereocenters. The number of rotatable bonds is 2. The lowest BCUT2D eigenvalue weighted by atomic mass is 9.64. The molecule has 1 nitrogen and oxygen atoms in total. The Kier molecular flexibility index (Phi) is 3.06. The van der Waals surface area contributed by atoms with Crippen LogP contribution >= 0.6 is 27.5 Å². The molecule has 1 aromatic carbocycles. The number of nitrogens with two attached hydrogens (primary N) is 1. The Morgan fingerprint density at radius 1 is 1.47 bits per heavy atom. The second-order valence-electron chi connectivity index (χ2n) is 4.08. The van der Waals surface area contributed by atoms with Crippen LogP contribution in [-0.2, 0) is 5.41 Å². The summed E-state index contributed by atoms with van der Waals surface area (Å²) in [4.78, 5) is 0. The fourth-order valence-corrected chi connectivity index (χ4v) is 2.81. The lowest BCUT2D eigenvalue weighted by molar-refractivity contribution is 0.253. The lowest BCUT2D eigenvalue weighted by Crippen LogP contribution is -2.41. The van der Waals surface area contributed by atoms with Gasteiger partial charge in [0.15, 0.2) is 0 Å². The van der Waals surface area contributed by atoms with Crippen molar-refractivity contribution in [3.8, 4) is 0 Å². The van der Waals surface area contributed by atoms with Gasteiger partial charge in [0.2, 0.25) is 0 Å². The SMILES string of the molecule is NCC1(c2cc(Br)c(F)cc2Cl)CCC1. The monoisotopic (exact) mass is 291 g/mol. The van der Waals surface area contributed by atoms with E-state index in [0.717, 1.165) is 18.4 Å². The molecule has 82 valence electrons. The van der Waals surface area contributed by atoms with E-state index in [1.165, 1.54) is 12.5 Å². The summed E-state index contributed by atoms with van der Waals surface area (Å²) in [6.45, 7) is 0.574. The molecule has 0 radical (unpaired) electrons. The van der Waals surface area contributed by atoms with Crippen molar-refractivity contribution in [1.29, 1.82) is 0 Å². The second kappa shape index (κ2) is 4.04. The summed E-state index contributed by atoms with van der Waals surface area (Å²) in [7, 11) is 0. The lowest BCUT2D eigenvalue weighted by Gasteiger charge is -2.42. The second-order valence-corrected chi connectivity index (χ2v) is 5.35. The van der Waals surface area contributed by atoms with Crippen molar-refractivity contribution in [2.45, 2.75) is 24.7 Å². The van der Waals surface area contributed by atoms with Gasteiger partial charge in [-0.2, -0.15) is 0 Å². The van der Waals surface area contributed by atoms with E-state index in [9.17, 15) is 4.39 Å². The normalized spacial score (nSPS) is 18.7. The van der Waals surface area contributed by atoms with Crippen LogP contribution in [0.5, 0.6) is 0 Å². The fraction of sp³-hybridized carbons (Fsp3) is 0.455. The molecule has 0 atom stereocenters. The smallest absolute Gasteiger partial charge is 0.138 e. The third kappa shape index (κ3) is 1.81. The molecule has 0 bridgehead atoms. The highest BCUT2D eigenvalue weighted by atomic mass is 79.9. The molecule has 0 amide bonds. The Morgan fingerprint density at radius 2 is 2.13 bits per heavy atom. The van der Waals surface area contributed by atoms with Gasteiger partial charge >= 0.3 is 0 Å². The van der Waals surface area contributed by atoms with E-state index in [-0.39, 0.29) is 11.2 Å². The number of halogens is 3. The molecule has 0 aromatic heterocycles. The molecule has 1 aliphatic rings. The van der Waals surface area contributed by atoms with E-state index in [2.05, 4.69) is 15.9 Å². The summed E-state index contributed by atoms with van der Waals surface area (Å²) < 4.78 is 13.7. The first-order chi connectivity index (χ1) is 7.09. The van der Waals surface area contributed by atoms with Crippen LogP contribution in [0.3, 0.4) is 0 Å². The molecule has 4 heteroatoms. The van der Waals surface area contributed by atoms with Gasteiger partial charge in [-0.05, 0) is 46.5 Å². The van der Waals surface area contributed by atoms with Crippen LogP contribution in [0.4, 0.5) is 4.39 Å². The van der Waals surface area contributed by atoms with Crippen LogP contribution in [0.2, 0.25) is 5.02 Å². The molecular weight excluding hydrogens is 280 g/mol. The Bertz CT molecular complexity index is 385. The topological polar surface area (TPSA) is 26.0 Å². The van der Waals surface area contributed by atoms with Crippen LogP contribution in [0.25, 0.3) is 0 Å². The van der Waals surface area contributed by atoms with Crippen molar-refractivity contribution in [1.82, 2.24) is 0 Å². The number of hydrogen-bond acceptors (Lipinski definition) is 1. The summed E-state index contributed by atoms with van der Waals surface area (Å²) in [6, 6.07) is 3.13. The Labute approximate surface area is 102 Å². The first-order valence-corrected chi connectivity index (χ1v) is 6.11. The average molecular weight is 293 g/mol. The molecule has 0 aliphatic heterocycles. The van der Waals surface area contributed by atoms with Crippen molar-refractivity contribution < 1.29 is 4.39 Å². The molecular formula is C11H12BrClFN. The molecule has 1 saturated carbocycles. The Balaban J connectivity index is 2.47. The van der Waals surface area contributed by atoms with Gasteiger partial charge in [-0.1, -0.05) is 18.0 Å². The predicted molar refractivity (Wildman–Crippen MR) is 63.7 cm³/mol. The molecule has 1 aliphatic carbocycles. The van der Waals surface area contributed by atoms with Gasteiger partial charge in [0.05, 0.1) is 4.47 Å². The maximum Gasteiger partial charge on any atom is 0.138 e. The van der Waals surface area contributed by atoms with Gasteiger partial charge in [-0.25, -0.2) is 4.39 Å². The summed E-state index contributed by atoms with van der Waals surface area (Å²) in [5.74, 6) is -0.324. The van der Waals surface area contributed by atoms with Gasteiger partial charge < -0.3 is 5.73 Å². The third-order valence-corrected chi connectivity index (χ3v) is 4.20. The van der Waals surface area contributed by atoms with Crippen LogP contribution < -0.4 is 5.73 Å². The van der Waals surface area contributed by atoms with Crippen molar-refractivity contribution in [3.05, 3.63) is 33.0 Å². The minimum absolute atomic E-state index is 0.0205. The summed E-state index contributed by atoms with van der Waals surface area (Å²) >= 11 is 9.24. The van der Waals surface area contributed by atoms with Crippen LogP contribution in [0, 0.1) is 5.82 Å². The predicted octanol–water partition coefficient (Wildman–Crippen LogP) is 3.62. The van der Waals surface area contributed by atoms with Crippen molar-refractivity contribution in [2.75, 3.05) is 6.54 Å². The van der Waals surface area contributed by atoms with E-state index >= 15 is 0 Å². The highest BCUT2D eigenvalue weighted by Crippen LogP contribution is 2.46. The van der Waals surface area contributed by atoms with Gasteiger partial charge in [0.1, 0.15) is 5.82 Å². The summed E-state index contributed by atoms with van der Waals surface area (Å²) in [5.41, 5.74) is 6.75. The minimum atomic E-state index is -0.324. The molecule has 2 N–H and O–H groups in total. The standard InChI is InChI=1S/C11H12BrClFN/c12-8-4-7(9(13)5-10(8)14)11(6-15)2-1-3-11/h4-5H,1-3,6,15H2. The number of benzene rings is 1. The summed E-state index contributed by atoms with van der Waals surface area (Å²) in [6.07, 6.45) is 3.26. The summed E-state index contributed by atoms with van der Waals surface area (Å²) in [5, 5.41) is 0.487. The maximum atomic E-state index is 13.2.